The van der Waals surface area contributed by atoms with Gasteiger partial charge in [-0.2, -0.15) is 0 Å². The highest BCUT2D eigenvalue weighted by Gasteiger charge is 2.21. The number of hydrogen-bond acceptors (Lipinski definition) is 2. The summed E-state index contributed by atoms with van der Waals surface area (Å²) in [7, 11) is 0. The average Bonchev–Trinajstić information content (AvgIpc) is 2.77. The molecule has 1 atom stereocenters. The predicted octanol–water partition coefficient (Wildman–Crippen LogP) is 4.66. The second kappa shape index (κ2) is 5.23. The minimum Gasteiger partial charge on any atom is -0.490 e. The van der Waals surface area contributed by atoms with E-state index in [2.05, 4.69) is 15.9 Å². The zero-order chi connectivity index (χ0) is 14.3. The molecule has 102 valence electrons. The number of halogens is 2. The van der Waals surface area contributed by atoms with Crippen molar-refractivity contribution < 1.29 is 9.53 Å². The van der Waals surface area contributed by atoms with Crippen molar-refractivity contribution in [2.75, 3.05) is 0 Å². The Balaban J connectivity index is 1.97. The van der Waals surface area contributed by atoms with Crippen LogP contribution in [0.3, 0.4) is 0 Å². The van der Waals surface area contributed by atoms with E-state index in [-0.39, 0.29) is 11.9 Å². The summed E-state index contributed by atoms with van der Waals surface area (Å²) in [6.07, 6.45) is 1.01. The zero-order valence-electron chi connectivity index (χ0n) is 10.8. The maximum Gasteiger partial charge on any atom is 0.194 e. The fraction of sp³-hybridized carbons (Fsp3) is 0.188. The van der Waals surface area contributed by atoms with Crippen LogP contribution in [-0.4, -0.2) is 11.9 Å². The van der Waals surface area contributed by atoms with Crippen molar-refractivity contribution in [3.63, 3.8) is 0 Å². The zero-order valence-corrected chi connectivity index (χ0v) is 13.2. The lowest BCUT2D eigenvalue weighted by molar-refractivity contribution is 0.103. The summed E-state index contributed by atoms with van der Waals surface area (Å²) in [4.78, 5) is 12.5. The topological polar surface area (TPSA) is 26.3 Å². The van der Waals surface area contributed by atoms with Crippen molar-refractivity contribution in [2.45, 2.75) is 19.4 Å². The molecule has 1 aliphatic heterocycles. The average molecular weight is 352 g/mol. The molecule has 0 saturated carbocycles. The molecule has 0 spiro atoms. The highest BCUT2D eigenvalue weighted by atomic mass is 79.9. The van der Waals surface area contributed by atoms with Crippen LogP contribution in [0.1, 0.15) is 28.4 Å². The third-order valence-corrected chi connectivity index (χ3v) is 4.14. The third kappa shape index (κ3) is 2.48. The SMILES string of the molecule is CC1Cc2cc(C(=O)c3ccc(Br)cc3Cl)ccc2O1. The molecule has 0 radical (unpaired) electrons. The lowest BCUT2D eigenvalue weighted by Crippen LogP contribution is -2.05. The van der Waals surface area contributed by atoms with E-state index in [0.29, 0.717) is 16.1 Å². The summed E-state index contributed by atoms with van der Waals surface area (Å²) in [5.41, 5.74) is 2.24. The fourth-order valence-electron chi connectivity index (χ4n) is 2.39. The van der Waals surface area contributed by atoms with Crippen molar-refractivity contribution >= 4 is 33.3 Å². The minimum atomic E-state index is -0.0650. The van der Waals surface area contributed by atoms with Crippen molar-refractivity contribution in [1.82, 2.24) is 0 Å². The van der Waals surface area contributed by atoms with E-state index < -0.39 is 0 Å². The van der Waals surface area contributed by atoms with Crippen LogP contribution in [0.5, 0.6) is 5.75 Å². The molecule has 1 unspecified atom stereocenters. The molecule has 0 N–H and O–H groups in total. The molecule has 1 aliphatic rings. The Kier molecular flexibility index (Phi) is 3.57. The molecular weight excluding hydrogens is 340 g/mol. The Morgan fingerprint density at radius 2 is 2.10 bits per heavy atom. The molecule has 20 heavy (non-hydrogen) atoms. The first-order chi connectivity index (χ1) is 9.54. The van der Waals surface area contributed by atoms with E-state index in [9.17, 15) is 4.79 Å². The molecular formula is C16H12BrClO2. The van der Waals surface area contributed by atoms with Crippen LogP contribution in [0.4, 0.5) is 0 Å². The van der Waals surface area contributed by atoms with Gasteiger partial charge in [-0.1, -0.05) is 27.5 Å². The molecule has 4 heteroatoms. The molecule has 0 saturated heterocycles. The van der Waals surface area contributed by atoms with Crippen LogP contribution in [0, 0.1) is 0 Å². The van der Waals surface area contributed by atoms with Gasteiger partial charge in [0.15, 0.2) is 5.78 Å². The van der Waals surface area contributed by atoms with Crippen LogP contribution < -0.4 is 4.74 Å². The van der Waals surface area contributed by atoms with Crippen molar-refractivity contribution in [2.24, 2.45) is 0 Å². The first-order valence-electron chi connectivity index (χ1n) is 6.34. The van der Waals surface area contributed by atoms with Gasteiger partial charge in [0.2, 0.25) is 0 Å². The number of ether oxygens (including phenoxy) is 1. The molecule has 2 nitrogen and oxygen atoms in total. The number of benzene rings is 2. The van der Waals surface area contributed by atoms with Gasteiger partial charge in [0.05, 0.1) is 5.02 Å². The van der Waals surface area contributed by atoms with Crippen LogP contribution in [0.2, 0.25) is 5.02 Å². The Morgan fingerprint density at radius 3 is 2.85 bits per heavy atom. The molecule has 3 rings (SSSR count). The summed E-state index contributed by atoms with van der Waals surface area (Å²) in [6.45, 7) is 2.02. The van der Waals surface area contributed by atoms with Crippen LogP contribution in [0.25, 0.3) is 0 Å². The number of hydrogen-bond donors (Lipinski definition) is 0. The predicted molar refractivity (Wildman–Crippen MR) is 82.8 cm³/mol. The standard InChI is InChI=1S/C16H12BrClO2/c1-9-6-11-7-10(2-5-15(11)20-9)16(19)13-4-3-12(17)8-14(13)18/h2-5,7-9H,6H2,1H3. The van der Waals surface area contributed by atoms with Crippen LogP contribution >= 0.6 is 27.5 Å². The largest absolute Gasteiger partial charge is 0.490 e. The first kappa shape index (κ1) is 13.7. The van der Waals surface area contributed by atoms with Crippen molar-refractivity contribution in [3.05, 3.63) is 62.6 Å². The summed E-state index contributed by atoms with van der Waals surface area (Å²) < 4.78 is 6.50. The van der Waals surface area contributed by atoms with Gasteiger partial charge in [0.1, 0.15) is 11.9 Å². The van der Waals surface area contributed by atoms with E-state index in [0.717, 1.165) is 22.2 Å². The van der Waals surface area contributed by atoms with Gasteiger partial charge in [0.25, 0.3) is 0 Å². The number of ketones is 1. The van der Waals surface area contributed by atoms with Gasteiger partial charge in [-0.05, 0) is 48.9 Å². The van der Waals surface area contributed by atoms with Gasteiger partial charge in [-0.15, -0.1) is 0 Å². The van der Waals surface area contributed by atoms with Crippen LogP contribution in [0.15, 0.2) is 40.9 Å². The van der Waals surface area contributed by atoms with Gasteiger partial charge >= 0.3 is 0 Å². The van der Waals surface area contributed by atoms with E-state index in [1.165, 1.54) is 0 Å². The Hall–Kier alpha value is -1.32. The molecule has 0 aromatic heterocycles. The fourth-order valence-corrected chi connectivity index (χ4v) is 3.15. The van der Waals surface area contributed by atoms with E-state index in [1.807, 2.05) is 25.1 Å². The summed E-state index contributed by atoms with van der Waals surface area (Å²) >= 11 is 9.48. The molecule has 2 aromatic rings. The number of fused-ring (bicyclic) bond motifs is 1. The quantitative estimate of drug-likeness (QED) is 0.736. The first-order valence-corrected chi connectivity index (χ1v) is 7.51. The minimum absolute atomic E-state index is 0.0650. The molecule has 1 heterocycles. The maximum absolute atomic E-state index is 12.5. The highest BCUT2D eigenvalue weighted by Crippen LogP contribution is 2.31. The van der Waals surface area contributed by atoms with Gasteiger partial charge in [-0.3, -0.25) is 4.79 Å². The van der Waals surface area contributed by atoms with Gasteiger partial charge in [0, 0.05) is 22.0 Å². The Morgan fingerprint density at radius 1 is 1.30 bits per heavy atom. The Labute approximate surface area is 130 Å². The summed E-state index contributed by atoms with van der Waals surface area (Å²) in [6, 6.07) is 10.8. The Bertz CT molecular complexity index is 697. The van der Waals surface area contributed by atoms with Gasteiger partial charge in [-0.25, -0.2) is 0 Å². The second-order valence-corrected chi connectivity index (χ2v) is 6.23. The monoisotopic (exact) mass is 350 g/mol. The molecule has 0 fully saturated rings. The second-order valence-electron chi connectivity index (χ2n) is 4.91. The van der Waals surface area contributed by atoms with E-state index >= 15 is 0 Å². The molecule has 0 bridgehead atoms. The van der Waals surface area contributed by atoms with Gasteiger partial charge < -0.3 is 4.74 Å². The van der Waals surface area contributed by atoms with E-state index in [1.54, 1.807) is 18.2 Å². The number of rotatable bonds is 2. The number of carbonyl (C=O) groups is 1. The lowest BCUT2D eigenvalue weighted by atomic mass is 10.00. The summed E-state index contributed by atoms with van der Waals surface area (Å²) in [5.74, 6) is 0.806. The highest BCUT2D eigenvalue weighted by molar-refractivity contribution is 9.10. The normalized spacial score (nSPS) is 16.6. The molecule has 0 aliphatic carbocycles. The molecule has 0 amide bonds. The van der Waals surface area contributed by atoms with Crippen molar-refractivity contribution in [1.29, 1.82) is 0 Å². The van der Waals surface area contributed by atoms with E-state index in [4.69, 9.17) is 16.3 Å². The van der Waals surface area contributed by atoms with Crippen LogP contribution in [-0.2, 0) is 6.42 Å². The smallest absolute Gasteiger partial charge is 0.194 e. The van der Waals surface area contributed by atoms with Crippen molar-refractivity contribution in [3.8, 4) is 5.75 Å². The maximum atomic E-state index is 12.5. The lowest BCUT2D eigenvalue weighted by Gasteiger charge is -2.06. The number of carbonyl (C=O) groups excluding carboxylic acids is 1. The molecule has 2 aromatic carbocycles. The summed E-state index contributed by atoms with van der Waals surface area (Å²) in [5, 5.41) is 0.453. The third-order valence-electron chi connectivity index (χ3n) is 3.33.